The molecule has 0 aliphatic carbocycles. The van der Waals surface area contributed by atoms with E-state index in [-0.39, 0.29) is 12.3 Å². The van der Waals surface area contributed by atoms with Crippen molar-refractivity contribution in [2.45, 2.75) is 6.92 Å². The first-order valence-corrected chi connectivity index (χ1v) is 9.82. The number of imidazole rings is 1. The fourth-order valence-electron chi connectivity index (χ4n) is 3.02. The molecule has 2 heterocycles. The molecule has 9 heteroatoms. The molecule has 0 aliphatic rings. The van der Waals surface area contributed by atoms with Gasteiger partial charge in [0.25, 0.3) is 5.69 Å². The zero-order valence-electron chi connectivity index (χ0n) is 17.1. The topological polar surface area (TPSA) is 105 Å². The first-order valence-electron chi connectivity index (χ1n) is 9.82. The Kier molecular flexibility index (Phi) is 5.98. The van der Waals surface area contributed by atoms with Crippen LogP contribution in [0.2, 0.25) is 0 Å². The smallest absolute Gasteiger partial charge is 0.349 e. The Labute approximate surface area is 182 Å². The minimum Gasteiger partial charge on any atom is -0.494 e. The van der Waals surface area contributed by atoms with Crippen LogP contribution in [0.1, 0.15) is 6.92 Å². The summed E-state index contributed by atoms with van der Waals surface area (Å²) >= 11 is 0. The SMILES string of the molecule is CCOc1ccc(OCC(=O)Oc2ccc(-c3cn4cc([N+](=O)[O-])ccc4n3)cc2)cc1. The highest BCUT2D eigenvalue weighted by Gasteiger charge is 2.11. The molecule has 9 nitrogen and oxygen atoms in total. The summed E-state index contributed by atoms with van der Waals surface area (Å²) in [4.78, 5) is 27.0. The molecule has 4 aromatic rings. The molecule has 4 rings (SSSR count). The Balaban J connectivity index is 1.36. The number of hydrogen-bond donors (Lipinski definition) is 0. The summed E-state index contributed by atoms with van der Waals surface area (Å²) in [5.41, 5.74) is 1.99. The normalized spacial score (nSPS) is 10.7. The van der Waals surface area contributed by atoms with E-state index in [4.69, 9.17) is 14.2 Å². The van der Waals surface area contributed by atoms with Crippen molar-refractivity contribution in [2.24, 2.45) is 0 Å². The molecular weight excluding hydrogens is 414 g/mol. The van der Waals surface area contributed by atoms with Crippen LogP contribution in [-0.4, -0.2) is 33.5 Å². The summed E-state index contributed by atoms with van der Waals surface area (Å²) in [6, 6.07) is 16.8. The summed E-state index contributed by atoms with van der Waals surface area (Å²) < 4.78 is 17.7. The summed E-state index contributed by atoms with van der Waals surface area (Å²) in [5, 5.41) is 10.9. The van der Waals surface area contributed by atoms with E-state index >= 15 is 0 Å². The van der Waals surface area contributed by atoms with Gasteiger partial charge in [-0.3, -0.25) is 14.5 Å². The highest BCUT2D eigenvalue weighted by Crippen LogP contribution is 2.24. The van der Waals surface area contributed by atoms with Gasteiger partial charge in [-0.05, 0) is 61.5 Å². The van der Waals surface area contributed by atoms with Crippen LogP contribution in [0.5, 0.6) is 17.2 Å². The maximum Gasteiger partial charge on any atom is 0.349 e. The lowest BCUT2D eigenvalue weighted by molar-refractivity contribution is -0.385. The molecule has 0 atom stereocenters. The van der Waals surface area contributed by atoms with Crippen LogP contribution in [0.15, 0.2) is 73.1 Å². The molecule has 0 spiro atoms. The van der Waals surface area contributed by atoms with E-state index < -0.39 is 10.9 Å². The number of nitrogens with zero attached hydrogens (tertiary/aromatic N) is 3. The number of fused-ring (bicyclic) bond motifs is 1. The summed E-state index contributed by atoms with van der Waals surface area (Å²) in [6.07, 6.45) is 3.11. The van der Waals surface area contributed by atoms with Crippen molar-refractivity contribution in [3.05, 3.63) is 83.2 Å². The van der Waals surface area contributed by atoms with Gasteiger partial charge < -0.3 is 14.2 Å². The number of ether oxygens (including phenoxy) is 3. The highest BCUT2D eigenvalue weighted by atomic mass is 16.6. The number of hydrogen-bond acceptors (Lipinski definition) is 7. The molecule has 32 heavy (non-hydrogen) atoms. The summed E-state index contributed by atoms with van der Waals surface area (Å²) in [7, 11) is 0. The predicted octanol–water partition coefficient (Wildman–Crippen LogP) is 4.29. The van der Waals surface area contributed by atoms with Gasteiger partial charge in [-0.25, -0.2) is 9.78 Å². The fourth-order valence-corrected chi connectivity index (χ4v) is 3.02. The van der Waals surface area contributed by atoms with Gasteiger partial charge in [-0.15, -0.1) is 0 Å². The molecule has 0 saturated carbocycles. The fraction of sp³-hybridized carbons (Fsp3) is 0.130. The third kappa shape index (κ3) is 4.84. The number of rotatable bonds is 8. The van der Waals surface area contributed by atoms with Crippen LogP contribution in [0.25, 0.3) is 16.9 Å². The van der Waals surface area contributed by atoms with E-state index in [1.54, 1.807) is 65.2 Å². The highest BCUT2D eigenvalue weighted by molar-refractivity contribution is 5.74. The number of pyridine rings is 1. The number of benzene rings is 2. The summed E-state index contributed by atoms with van der Waals surface area (Å²) in [5.74, 6) is 1.10. The first-order chi connectivity index (χ1) is 15.5. The molecule has 2 aromatic carbocycles. The molecule has 0 unspecified atom stereocenters. The van der Waals surface area contributed by atoms with Gasteiger partial charge in [0.1, 0.15) is 22.9 Å². The number of carbonyl (C=O) groups excluding carboxylic acids is 1. The Morgan fingerprint density at radius 2 is 1.59 bits per heavy atom. The van der Waals surface area contributed by atoms with Crippen molar-refractivity contribution in [3.8, 4) is 28.5 Å². The third-order valence-corrected chi connectivity index (χ3v) is 4.52. The van der Waals surface area contributed by atoms with Crippen LogP contribution in [0, 0.1) is 10.1 Å². The van der Waals surface area contributed by atoms with E-state index in [9.17, 15) is 14.9 Å². The zero-order valence-corrected chi connectivity index (χ0v) is 17.1. The van der Waals surface area contributed by atoms with Crippen LogP contribution in [0.4, 0.5) is 5.69 Å². The third-order valence-electron chi connectivity index (χ3n) is 4.52. The van der Waals surface area contributed by atoms with Gasteiger partial charge in [-0.2, -0.15) is 0 Å². The van der Waals surface area contributed by atoms with Crippen molar-refractivity contribution >= 4 is 17.3 Å². The van der Waals surface area contributed by atoms with Gasteiger partial charge in [0.15, 0.2) is 6.61 Å². The Morgan fingerprint density at radius 1 is 0.938 bits per heavy atom. The van der Waals surface area contributed by atoms with Gasteiger partial charge in [0.05, 0.1) is 23.4 Å². The maximum absolute atomic E-state index is 12.1. The Morgan fingerprint density at radius 3 is 2.25 bits per heavy atom. The van der Waals surface area contributed by atoms with Crippen molar-refractivity contribution in [2.75, 3.05) is 13.2 Å². The first kappa shape index (κ1) is 20.9. The quantitative estimate of drug-likeness (QED) is 0.177. The molecular formula is C23H19N3O6. The van der Waals surface area contributed by atoms with Crippen molar-refractivity contribution in [1.82, 2.24) is 9.38 Å². The predicted molar refractivity (Wildman–Crippen MR) is 116 cm³/mol. The average molecular weight is 433 g/mol. The number of esters is 1. The van der Waals surface area contributed by atoms with Crippen molar-refractivity contribution in [1.29, 1.82) is 0 Å². The number of carbonyl (C=O) groups is 1. The lowest BCUT2D eigenvalue weighted by Crippen LogP contribution is -2.17. The molecule has 0 fully saturated rings. The Bertz CT molecular complexity index is 1250. The molecule has 0 radical (unpaired) electrons. The van der Waals surface area contributed by atoms with E-state index in [0.29, 0.717) is 29.4 Å². The second-order valence-electron chi connectivity index (χ2n) is 6.73. The molecule has 0 amide bonds. The molecule has 0 aliphatic heterocycles. The average Bonchev–Trinajstić information content (AvgIpc) is 3.23. The summed E-state index contributed by atoms with van der Waals surface area (Å²) in [6.45, 7) is 2.24. The number of aromatic nitrogens is 2. The maximum atomic E-state index is 12.1. The van der Waals surface area contributed by atoms with Crippen molar-refractivity contribution in [3.63, 3.8) is 0 Å². The minimum atomic E-state index is -0.535. The molecule has 0 bridgehead atoms. The van der Waals surface area contributed by atoms with Gasteiger partial charge in [-0.1, -0.05) is 0 Å². The Hall–Kier alpha value is -4.40. The van der Waals surface area contributed by atoms with E-state index in [1.807, 2.05) is 6.92 Å². The number of nitro groups is 1. The monoisotopic (exact) mass is 433 g/mol. The molecule has 2 aromatic heterocycles. The molecule has 0 saturated heterocycles. The van der Waals surface area contributed by atoms with E-state index in [2.05, 4.69) is 4.98 Å². The second-order valence-corrected chi connectivity index (χ2v) is 6.73. The van der Waals surface area contributed by atoms with Crippen LogP contribution in [-0.2, 0) is 4.79 Å². The largest absolute Gasteiger partial charge is 0.494 e. The lowest BCUT2D eigenvalue weighted by atomic mass is 10.2. The lowest BCUT2D eigenvalue weighted by Gasteiger charge is -2.08. The molecule has 162 valence electrons. The van der Waals surface area contributed by atoms with Gasteiger partial charge in [0, 0.05) is 17.8 Å². The van der Waals surface area contributed by atoms with Crippen LogP contribution < -0.4 is 14.2 Å². The zero-order chi connectivity index (χ0) is 22.5. The van der Waals surface area contributed by atoms with Gasteiger partial charge >= 0.3 is 5.97 Å². The van der Waals surface area contributed by atoms with Crippen LogP contribution in [0.3, 0.4) is 0 Å². The minimum absolute atomic E-state index is 0.0174. The standard InChI is InChI=1S/C23H19N3O6/c1-2-30-18-8-10-19(11-9-18)31-15-23(27)32-20-6-3-16(4-7-20)21-14-25-13-17(26(28)29)5-12-22(25)24-21/h3-14H,2,15H2,1H3. The second kappa shape index (κ2) is 9.17. The van der Waals surface area contributed by atoms with Crippen molar-refractivity contribution < 1.29 is 23.9 Å². The van der Waals surface area contributed by atoms with Gasteiger partial charge in [0.2, 0.25) is 0 Å². The van der Waals surface area contributed by atoms with E-state index in [0.717, 1.165) is 11.3 Å². The van der Waals surface area contributed by atoms with Crippen LogP contribution >= 0.6 is 0 Å². The van der Waals surface area contributed by atoms with E-state index in [1.165, 1.54) is 12.3 Å². The molecule has 0 N–H and O–H groups in total.